The third kappa shape index (κ3) is 0.976. The summed E-state index contributed by atoms with van der Waals surface area (Å²) in [6, 6.07) is 5.31. The van der Waals surface area contributed by atoms with Gasteiger partial charge in [-0.3, -0.25) is 0 Å². The molecule has 1 unspecified atom stereocenters. The average Bonchev–Trinajstić information content (AvgIpc) is 2.93. The molecule has 1 aromatic carbocycles. The van der Waals surface area contributed by atoms with Crippen molar-refractivity contribution in [2.24, 2.45) is 5.73 Å². The Hall–Kier alpha value is -0.890. The lowest BCUT2D eigenvalue weighted by atomic mass is 9.78. The van der Waals surface area contributed by atoms with Gasteiger partial charge in [0, 0.05) is 11.6 Å². The molecule has 0 aliphatic heterocycles. The fourth-order valence-electron chi connectivity index (χ4n) is 2.76. The van der Waals surface area contributed by atoms with Gasteiger partial charge in [0.2, 0.25) is 0 Å². The summed E-state index contributed by atoms with van der Waals surface area (Å²) in [5.74, 6) is -0.110. The molecule has 1 atom stereocenters. The Morgan fingerprint density at radius 3 is 2.79 bits per heavy atom. The summed E-state index contributed by atoms with van der Waals surface area (Å²) in [6.45, 7) is 0. The lowest BCUT2D eigenvalue weighted by Gasteiger charge is -2.29. The van der Waals surface area contributed by atoms with Gasteiger partial charge in [0.1, 0.15) is 5.82 Å². The normalized spacial score (nSPS) is 27.4. The number of halogens is 1. The second-order valence-electron chi connectivity index (χ2n) is 4.63. The second-order valence-corrected chi connectivity index (χ2v) is 4.63. The van der Waals surface area contributed by atoms with E-state index in [-0.39, 0.29) is 11.9 Å². The summed E-state index contributed by atoms with van der Waals surface area (Å²) >= 11 is 0. The van der Waals surface area contributed by atoms with Crippen LogP contribution in [-0.2, 0) is 5.41 Å². The summed E-state index contributed by atoms with van der Waals surface area (Å²) in [6.07, 6.45) is 4.52. The van der Waals surface area contributed by atoms with Crippen LogP contribution < -0.4 is 5.73 Å². The summed E-state index contributed by atoms with van der Waals surface area (Å²) in [5, 5.41) is 0. The molecule has 2 aliphatic carbocycles. The number of benzene rings is 1. The van der Waals surface area contributed by atoms with E-state index in [2.05, 4.69) is 6.07 Å². The molecule has 74 valence electrons. The largest absolute Gasteiger partial charge is 0.324 e. The predicted octanol–water partition coefficient (Wildman–Crippen LogP) is 2.65. The highest BCUT2D eigenvalue weighted by molar-refractivity contribution is 5.43. The number of hydrogen-bond acceptors (Lipinski definition) is 1. The molecule has 0 amide bonds. The predicted molar refractivity (Wildman–Crippen MR) is 53.5 cm³/mol. The minimum atomic E-state index is -0.110. The molecule has 0 aromatic heterocycles. The molecule has 0 radical (unpaired) electrons. The summed E-state index contributed by atoms with van der Waals surface area (Å²) in [4.78, 5) is 0. The first-order valence-electron chi connectivity index (χ1n) is 5.27. The quantitative estimate of drug-likeness (QED) is 0.670. The molecule has 0 bridgehead atoms. The average molecular weight is 191 g/mol. The molecule has 3 rings (SSSR count). The van der Waals surface area contributed by atoms with Crippen LogP contribution in [0.25, 0.3) is 0 Å². The smallest absolute Gasteiger partial charge is 0.128 e. The highest BCUT2D eigenvalue weighted by Crippen LogP contribution is 2.57. The van der Waals surface area contributed by atoms with Crippen molar-refractivity contribution >= 4 is 0 Å². The minimum Gasteiger partial charge on any atom is -0.324 e. The fourth-order valence-corrected chi connectivity index (χ4v) is 2.76. The lowest BCUT2D eigenvalue weighted by molar-refractivity contribution is 0.454. The number of rotatable bonds is 0. The standard InChI is InChI=1S/C12H14FN/c13-9-3-1-2-8-11(9)10(14)4-5-12(8)6-7-12/h1-3,10H,4-7,14H2. The van der Waals surface area contributed by atoms with Crippen LogP contribution in [-0.4, -0.2) is 0 Å². The minimum absolute atomic E-state index is 0.0857. The SMILES string of the molecule is NC1CCC2(CC2)c2cccc(F)c21. The van der Waals surface area contributed by atoms with Crippen LogP contribution in [0.3, 0.4) is 0 Å². The molecule has 1 fully saturated rings. The van der Waals surface area contributed by atoms with Crippen molar-refractivity contribution in [1.82, 2.24) is 0 Å². The van der Waals surface area contributed by atoms with Crippen molar-refractivity contribution in [2.75, 3.05) is 0 Å². The van der Waals surface area contributed by atoms with Gasteiger partial charge in [-0.05, 0) is 42.7 Å². The van der Waals surface area contributed by atoms with Crippen molar-refractivity contribution in [3.63, 3.8) is 0 Å². The maximum atomic E-state index is 13.6. The number of fused-ring (bicyclic) bond motifs is 2. The first-order valence-corrected chi connectivity index (χ1v) is 5.27. The molecule has 1 spiro atoms. The van der Waals surface area contributed by atoms with Gasteiger partial charge in [-0.2, -0.15) is 0 Å². The van der Waals surface area contributed by atoms with E-state index in [1.807, 2.05) is 6.07 Å². The Bertz CT molecular complexity index is 382. The summed E-state index contributed by atoms with van der Waals surface area (Å²) in [5.41, 5.74) is 8.25. The topological polar surface area (TPSA) is 26.0 Å². The van der Waals surface area contributed by atoms with Crippen molar-refractivity contribution < 1.29 is 4.39 Å². The molecule has 1 nitrogen and oxygen atoms in total. The van der Waals surface area contributed by atoms with E-state index in [1.54, 1.807) is 0 Å². The first kappa shape index (κ1) is 8.42. The molecular weight excluding hydrogens is 177 g/mol. The molecular formula is C12H14FN. The van der Waals surface area contributed by atoms with Crippen molar-refractivity contribution in [2.45, 2.75) is 37.1 Å². The molecule has 1 saturated carbocycles. The maximum absolute atomic E-state index is 13.6. The fraction of sp³-hybridized carbons (Fsp3) is 0.500. The zero-order valence-electron chi connectivity index (χ0n) is 8.09. The van der Waals surface area contributed by atoms with Crippen LogP contribution in [0.15, 0.2) is 18.2 Å². The molecule has 1 aromatic rings. The highest BCUT2D eigenvalue weighted by Gasteiger charge is 2.48. The van der Waals surface area contributed by atoms with Crippen LogP contribution in [0, 0.1) is 5.82 Å². The van der Waals surface area contributed by atoms with E-state index in [9.17, 15) is 4.39 Å². The maximum Gasteiger partial charge on any atom is 0.128 e. The van der Waals surface area contributed by atoms with Gasteiger partial charge in [0.15, 0.2) is 0 Å². The molecule has 2 aliphatic rings. The van der Waals surface area contributed by atoms with Crippen molar-refractivity contribution in [3.8, 4) is 0 Å². The summed E-state index contributed by atoms with van der Waals surface area (Å²) in [7, 11) is 0. The highest BCUT2D eigenvalue weighted by atomic mass is 19.1. The molecule has 2 heteroatoms. The second kappa shape index (κ2) is 2.57. The van der Waals surface area contributed by atoms with Gasteiger partial charge < -0.3 is 5.73 Å². The van der Waals surface area contributed by atoms with Crippen molar-refractivity contribution in [1.29, 1.82) is 0 Å². The zero-order chi connectivity index (χ0) is 9.76. The Morgan fingerprint density at radius 1 is 1.29 bits per heavy atom. The Kier molecular flexibility index (Phi) is 1.55. The van der Waals surface area contributed by atoms with Gasteiger partial charge in [-0.1, -0.05) is 12.1 Å². The van der Waals surface area contributed by atoms with Crippen LogP contribution >= 0.6 is 0 Å². The molecule has 2 N–H and O–H groups in total. The van der Waals surface area contributed by atoms with E-state index in [0.717, 1.165) is 18.4 Å². The molecule has 14 heavy (non-hydrogen) atoms. The third-order valence-corrected chi connectivity index (χ3v) is 3.78. The van der Waals surface area contributed by atoms with Gasteiger partial charge >= 0.3 is 0 Å². The van der Waals surface area contributed by atoms with E-state index in [0.29, 0.717) is 5.41 Å². The third-order valence-electron chi connectivity index (χ3n) is 3.78. The number of nitrogens with two attached hydrogens (primary N) is 1. The van der Waals surface area contributed by atoms with Gasteiger partial charge in [-0.25, -0.2) is 4.39 Å². The van der Waals surface area contributed by atoms with Crippen molar-refractivity contribution in [3.05, 3.63) is 35.1 Å². The number of hydrogen-bond donors (Lipinski definition) is 1. The molecule has 0 saturated heterocycles. The monoisotopic (exact) mass is 191 g/mol. The zero-order valence-corrected chi connectivity index (χ0v) is 8.09. The van der Waals surface area contributed by atoms with Crippen LogP contribution in [0.1, 0.15) is 42.9 Å². The Labute approximate surface area is 83.1 Å². The van der Waals surface area contributed by atoms with Gasteiger partial charge in [0.05, 0.1) is 0 Å². The molecule has 0 heterocycles. The van der Waals surface area contributed by atoms with Gasteiger partial charge in [-0.15, -0.1) is 0 Å². The van der Waals surface area contributed by atoms with Crippen LogP contribution in [0.2, 0.25) is 0 Å². The summed E-state index contributed by atoms with van der Waals surface area (Å²) < 4.78 is 13.6. The van der Waals surface area contributed by atoms with E-state index in [1.165, 1.54) is 24.5 Å². The van der Waals surface area contributed by atoms with E-state index >= 15 is 0 Å². The lowest BCUT2D eigenvalue weighted by Crippen LogP contribution is -2.25. The Morgan fingerprint density at radius 2 is 2.07 bits per heavy atom. The van der Waals surface area contributed by atoms with Gasteiger partial charge in [0.25, 0.3) is 0 Å². The first-order chi connectivity index (χ1) is 6.73. The van der Waals surface area contributed by atoms with Crippen LogP contribution in [0.4, 0.5) is 4.39 Å². The van der Waals surface area contributed by atoms with E-state index < -0.39 is 0 Å². The van der Waals surface area contributed by atoms with Crippen LogP contribution in [0.5, 0.6) is 0 Å². The Balaban J connectivity index is 2.21. The van der Waals surface area contributed by atoms with E-state index in [4.69, 9.17) is 5.73 Å².